The van der Waals surface area contributed by atoms with Gasteiger partial charge in [0.1, 0.15) is 0 Å². The Morgan fingerprint density at radius 3 is 3.20 bits per heavy atom. The number of hydrogen-bond donors (Lipinski definition) is 0. The van der Waals surface area contributed by atoms with Crippen molar-refractivity contribution in [3.05, 3.63) is 23.5 Å². The zero-order valence-corrected chi connectivity index (χ0v) is 6.35. The van der Waals surface area contributed by atoms with Crippen LogP contribution in [-0.4, -0.2) is 11.6 Å². The van der Waals surface area contributed by atoms with Crippen LogP contribution in [0.4, 0.5) is 0 Å². The van der Waals surface area contributed by atoms with Gasteiger partial charge in [0, 0.05) is 12.3 Å². The third-order valence-corrected chi connectivity index (χ3v) is 1.25. The normalized spacial score (nSPS) is 9.40. The van der Waals surface area contributed by atoms with Crippen LogP contribution in [0, 0.1) is 6.07 Å². The van der Waals surface area contributed by atoms with Gasteiger partial charge < -0.3 is 4.74 Å². The largest absolute Gasteiger partial charge is 0.491 e. The molecule has 1 radical (unpaired) electrons. The van der Waals surface area contributed by atoms with Gasteiger partial charge in [0.2, 0.25) is 0 Å². The summed E-state index contributed by atoms with van der Waals surface area (Å²) in [4.78, 5) is 3.78. The summed E-state index contributed by atoms with van der Waals surface area (Å²) < 4.78 is 5.11. The van der Waals surface area contributed by atoms with E-state index in [0.29, 0.717) is 17.5 Å². The van der Waals surface area contributed by atoms with Crippen molar-refractivity contribution >= 4 is 11.6 Å². The van der Waals surface area contributed by atoms with Crippen LogP contribution in [0.2, 0.25) is 5.15 Å². The lowest BCUT2D eigenvalue weighted by atomic mass is 10.5. The summed E-state index contributed by atoms with van der Waals surface area (Å²) in [5, 5.41) is 0.389. The molecule has 0 bridgehead atoms. The van der Waals surface area contributed by atoms with Crippen LogP contribution in [0.15, 0.2) is 12.3 Å². The van der Waals surface area contributed by atoms with Gasteiger partial charge in [-0.05, 0) is 13.0 Å². The van der Waals surface area contributed by atoms with E-state index in [1.807, 2.05) is 6.92 Å². The highest BCUT2D eigenvalue weighted by atomic mass is 35.5. The molecule has 0 fully saturated rings. The average Bonchev–Trinajstić information content (AvgIpc) is 1.94. The van der Waals surface area contributed by atoms with E-state index in [4.69, 9.17) is 16.3 Å². The highest BCUT2D eigenvalue weighted by molar-refractivity contribution is 6.30. The molecule has 0 N–H and O–H groups in total. The number of pyridine rings is 1. The quantitative estimate of drug-likeness (QED) is 0.611. The molecule has 1 aromatic rings. The molecular formula is C7H7ClNO. The first-order chi connectivity index (χ1) is 4.84. The molecule has 53 valence electrons. The third-order valence-electron chi connectivity index (χ3n) is 0.970. The molecule has 0 aliphatic heterocycles. The van der Waals surface area contributed by atoms with E-state index in [1.54, 1.807) is 6.07 Å². The number of halogens is 1. The molecule has 0 saturated heterocycles. The van der Waals surface area contributed by atoms with E-state index in [0.717, 1.165) is 0 Å². The fourth-order valence-electron chi connectivity index (χ4n) is 0.587. The summed E-state index contributed by atoms with van der Waals surface area (Å²) >= 11 is 5.65. The first-order valence-electron chi connectivity index (χ1n) is 2.99. The Hall–Kier alpha value is -0.760. The minimum absolute atomic E-state index is 0.389. The van der Waals surface area contributed by atoms with Gasteiger partial charge in [0.15, 0.2) is 10.9 Å². The molecule has 0 amide bonds. The van der Waals surface area contributed by atoms with Crippen molar-refractivity contribution in [3.63, 3.8) is 0 Å². The second kappa shape index (κ2) is 3.42. The van der Waals surface area contributed by atoms with Gasteiger partial charge in [-0.15, -0.1) is 0 Å². The molecular weight excluding hydrogens is 150 g/mol. The topological polar surface area (TPSA) is 22.1 Å². The summed E-state index contributed by atoms with van der Waals surface area (Å²) in [5.41, 5.74) is 0. The van der Waals surface area contributed by atoms with Gasteiger partial charge in [-0.2, -0.15) is 0 Å². The molecule has 0 aliphatic carbocycles. The van der Waals surface area contributed by atoms with E-state index >= 15 is 0 Å². The average molecular weight is 157 g/mol. The van der Waals surface area contributed by atoms with Gasteiger partial charge in [-0.3, -0.25) is 0 Å². The lowest BCUT2D eigenvalue weighted by Gasteiger charge is -2.01. The van der Waals surface area contributed by atoms with Crippen LogP contribution in [0.3, 0.4) is 0 Å². The lowest BCUT2D eigenvalue weighted by molar-refractivity contribution is 0.339. The molecule has 0 aliphatic rings. The predicted octanol–water partition coefficient (Wildman–Crippen LogP) is 1.93. The van der Waals surface area contributed by atoms with Crippen LogP contribution in [0.25, 0.3) is 0 Å². The van der Waals surface area contributed by atoms with Crippen molar-refractivity contribution in [2.45, 2.75) is 6.92 Å². The minimum Gasteiger partial charge on any atom is -0.491 e. The SMILES string of the molecule is CCOc1c[c]cnc1Cl. The molecule has 0 saturated carbocycles. The number of ether oxygens (including phenoxy) is 1. The molecule has 1 rings (SSSR count). The maximum absolute atomic E-state index is 5.65. The lowest BCUT2D eigenvalue weighted by Crippen LogP contribution is -1.92. The van der Waals surface area contributed by atoms with Crippen molar-refractivity contribution in [1.82, 2.24) is 4.98 Å². The van der Waals surface area contributed by atoms with Crippen LogP contribution in [0.1, 0.15) is 6.92 Å². The van der Waals surface area contributed by atoms with Crippen LogP contribution >= 0.6 is 11.6 Å². The molecule has 0 unspecified atom stereocenters. The summed E-state index contributed by atoms with van der Waals surface area (Å²) in [6.45, 7) is 2.49. The molecule has 1 aromatic heterocycles. The van der Waals surface area contributed by atoms with E-state index in [-0.39, 0.29) is 0 Å². The summed E-state index contributed by atoms with van der Waals surface area (Å²) in [6, 6.07) is 4.43. The zero-order chi connectivity index (χ0) is 7.40. The molecule has 0 spiro atoms. The van der Waals surface area contributed by atoms with E-state index in [1.165, 1.54) is 6.20 Å². The van der Waals surface area contributed by atoms with Crippen LogP contribution in [-0.2, 0) is 0 Å². The maximum atomic E-state index is 5.65. The Morgan fingerprint density at radius 2 is 2.60 bits per heavy atom. The van der Waals surface area contributed by atoms with Crippen molar-refractivity contribution in [2.24, 2.45) is 0 Å². The van der Waals surface area contributed by atoms with Crippen LogP contribution < -0.4 is 4.74 Å². The monoisotopic (exact) mass is 156 g/mol. The standard InChI is InChI=1S/C7H7ClNO/c1-2-10-6-4-3-5-9-7(6)8/h4-5H,2H2,1H3. The highest BCUT2D eigenvalue weighted by Crippen LogP contribution is 2.19. The second-order valence-corrected chi connectivity index (χ2v) is 2.02. The Labute approximate surface area is 64.8 Å². The number of nitrogens with zero attached hydrogens (tertiary/aromatic N) is 1. The number of aromatic nitrogens is 1. The van der Waals surface area contributed by atoms with E-state index < -0.39 is 0 Å². The molecule has 0 aromatic carbocycles. The van der Waals surface area contributed by atoms with Gasteiger partial charge in [0.05, 0.1) is 6.61 Å². The van der Waals surface area contributed by atoms with Gasteiger partial charge in [0.25, 0.3) is 0 Å². The molecule has 10 heavy (non-hydrogen) atoms. The first kappa shape index (κ1) is 7.35. The molecule has 3 heteroatoms. The Bertz CT molecular complexity index is 215. The fraction of sp³-hybridized carbons (Fsp3) is 0.286. The van der Waals surface area contributed by atoms with Crippen molar-refractivity contribution < 1.29 is 4.74 Å². The smallest absolute Gasteiger partial charge is 0.171 e. The van der Waals surface area contributed by atoms with E-state index in [2.05, 4.69) is 11.1 Å². The predicted molar refractivity (Wildman–Crippen MR) is 39.3 cm³/mol. The van der Waals surface area contributed by atoms with Gasteiger partial charge in [-0.1, -0.05) is 11.6 Å². The Balaban J connectivity index is 2.81. The molecule has 0 atom stereocenters. The maximum Gasteiger partial charge on any atom is 0.171 e. The summed E-state index contributed by atoms with van der Waals surface area (Å²) in [7, 11) is 0. The first-order valence-corrected chi connectivity index (χ1v) is 3.36. The van der Waals surface area contributed by atoms with Crippen molar-refractivity contribution in [2.75, 3.05) is 6.61 Å². The number of hydrogen-bond acceptors (Lipinski definition) is 2. The third kappa shape index (κ3) is 1.61. The minimum atomic E-state index is 0.389. The number of rotatable bonds is 2. The van der Waals surface area contributed by atoms with Crippen LogP contribution in [0.5, 0.6) is 5.75 Å². The van der Waals surface area contributed by atoms with Crippen molar-refractivity contribution in [3.8, 4) is 5.75 Å². The Morgan fingerprint density at radius 1 is 1.80 bits per heavy atom. The van der Waals surface area contributed by atoms with E-state index in [9.17, 15) is 0 Å². The fourth-order valence-corrected chi connectivity index (χ4v) is 0.745. The molecule has 1 heterocycles. The second-order valence-electron chi connectivity index (χ2n) is 1.66. The zero-order valence-electron chi connectivity index (χ0n) is 5.60. The highest BCUT2D eigenvalue weighted by Gasteiger charge is 1.97. The van der Waals surface area contributed by atoms with Gasteiger partial charge >= 0.3 is 0 Å². The summed E-state index contributed by atoms with van der Waals surface area (Å²) in [6.07, 6.45) is 1.50. The van der Waals surface area contributed by atoms with Gasteiger partial charge in [-0.25, -0.2) is 4.98 Å². The molecule has 2 nitrogen and oxygen atoms in total. The summed E-state index contributed by atoms with van der Waals surface area (Å²) in [5.74, 6) is 0.590. The Kier molecular flexibility index (Phi) is 2.51. The van der Waals surface area contributed by atoms with Crippen molar-refractivity contribution in [1.29, 1.82) is 0 Å².